The maximum atomic E-state index is 13.8. The van der Waals surface area contributed by atoms with Gasteiger partial charge >= 0.3 is 6.09 Å². The minimum atomic E-state index is -1.34. The zero-order valence-corrected chi connectivity index (χ0v) is 11.8. The van der Waals surface area contributed by atoms with Crippen molar-refractivity contribution in [1.29, 1.82) is 0 Å². The molecule has 2 unspecified atom stereocenters. The molecule has 0 aromatic carbocycles. The Morgan fingerprint density at radius 3 is 2.56 bits per heavy atom. The molecule has 5 heteroatoms. The Balaban J connectivity index is 2.44. The Labute approximate surface area is 109 Å². The number of alkyl halides is 1. The van der Waals surface area contributed by atoms with Crippen LogP contribution >= 0.6 is 0 Å². The van der Waals surface area contributed by atoms with Crippen LogP contribution in [-0.2, 0) is 4.74 Å². The van der Waals surface area contributed by atoms with E-state index in [4.69, 9.17) is 10.5 Å². The third kappa shape index (κ3) is 4.80. The molecule has 1 aliphatic heterocycles. The van der Waals surface area contributed by atoms with Crippen LogP contribution in [0.15, 0.2) is 0 Å². The minimum absolute atomic E-state index is 0.0237. The molecule has 1 rings (SSSR count). The first-order valence-corrected chi connectivity index (χ1v) is 6.50. The van der Waals surface area contributed by atoms with Crippen LogP contribution in [0, 0.1) is 5.92 Å². The number of amides is 1. The van der Waals surface area contributed by atoms with Gasteiger partial charge in [0.25, 0.3) is 0 Å². The van der Waals surface area contributed by atoms with Gasteiger partial charge in [0.1, 0.15) is 11.3 Å². The van der Waals surface area contributed by atoms with Crippen molar-refractivity contribution in [3.05, 3.63) is 0 Å². The van der Waals surface area contributed by atoms with Gasteiger partial charge in [0.2, 0.25) is 0 Å². The van der Waals surface area contributed by atoms with E-state index in [1.165, 1.54) is 6.92 Å². The fourth-order valence-corrected chi connectivity index (χ4v) is 2.18. The molecule has 0 aromatic heterocycles. The lowest BCUT2D eigenvalue weighted by Crippen LogP contribution is -2.36. The molecule has 0 spiro atoms. The average molecular weight is 260 g/mol. The van der Waals surface area contributed by atoms with Crippen LogP contribution in [0.5, 0.6) is 0 Å². The lowest BCUT2D eigenvalue weighted by molar-refractivity contribution is 0.0281. The van der Waals surface area contributed by atoms with Crippen molar-refractivity contribution in [3.63, 3.8) is 0 Å². The molecule has 0 saturated carbocycles. The number of rotatable bonds is 3. The molecule has 0 bridgehead atoms. The molecule has 1 heterocycles. The topological polar surface area (TPSA) is 55.6 Å². The van der Waals surface area contributed by atoms with Crippen LogP contribution in [0.2, 0.25) is 0 Å². The maximum Gasteiger partial charge on any atom is 0.410 e. The Morgan fingerprint density at radius 2 is 2.06 bits per heavy atom. The Bertz CT molecular complexity index is 300. The van der Waals surface area contributed by atoms with E-state index in [-0.39, 0.29) is 18.6 Å². The SMILES string of the molecule is CC(F)(CN)CC1CCN(C(=O)OC(C)(C)C)C1. The van der Waals surface area contributed by atoms with Gasteiger partial charge in [-0.3, -0.25) is 0 Å². The minimum Gasteiger partial charge on any atom is -0.444 e. The highest BCUT2D eigenvalue weighted by atomic mass is 19.1. The molecule has 1 aliphatic rings. The fourth-order valence-electron chi connectivity index (χ4n) is 2.18. The number of hydrogen-bond acceptors (Lipinski definition) is 3. The summed E-state index contributed by atoms with van der Waals surface area (Å²) in [5, 5.41) is 0. The summed E-state index contributed by atoms with van der Waals surface area (Å²) in [6.45, 7) is 8.26. The molecule has 0 aliphatic carbocycles. The lowest BCUT2D eigenvalue weighted by Gasteiger charge is -2.25. The van der Waals surface area contributed by atoms with Crippen molar-refractivity contribution in [2.45, 2.75) is 51.8 Å². The number of carbonyl (C=O) groups excluding carboxylic acids is 1. The van der Waals surface area contributed by atoms with Crippen molar-refractivity contribution >= 4 is 6.09 Å². The van der Waals surface area contributed by atoms with Crippen molar-refractivity contribution in [2.24, 2.45) is 11.7 Å². The predicted octanol–water partition coefficient (Wildman–Crippen LogP) is 2.32. The van der Waals surface area contributed by atoms with Crippen LogP contribution in [0.3, 0.4) is 0 Å². The number of carbonyl (C=O) groups is 1. The van der Waals surface area contributed by atoms with Gasteiger partial charge in [0, 0.05) is 19.6 Å². The molecule has 18 heavy (non-hydrogen) atoms. The van der Waals surface area contributed by atoms with E-state index < -0.39 is 11.3 Å². The largest absolute Gasteiger partial charge is 0.444 e. The molecule has 2 atom stereocenters. The van der Waals surface area contributed by atoms with Gasteiger partial charge in [0.05, 0.1) is 0 Å². The zero-order chi connectivity index (χ0) is 14.0. The third-order valence-corrected chi connectivity index (χ3v) is 3.08. The van der Waals surface area contributed by atoms with Crippen LogP contribution in [-0.4, -0.2) is 41.9 Å². The van der Waals surface area contributed by atoms with E-state index in [1.807, 2.05) is 20.8 Å². The summed E-state index contributed by atoms with van der Waals surface area (Å²) in [6, 6.07) is 0. The number of hydrogen-bond donors (Lipinski definition) is 1. The monoisotopic (exact) mass is 260 g/mol. The molecular formula is C13H25FN2O2. The third-order valence-electron chi connectivity index (χ3n) is 3.08. The van der Waals surface area contributed by atoms with Gasteiger partial charge in [0.15, 0.2) is 0 Å². The van der Waals surface area contributed by atoms with Crippen molar-refractivity contribution < 1.29 is 13.9 Å². The molecule has 1 fully saturated rings. The van der Waals surface area contributed by atoms with Crippen LogP contribution in [0.4, 0.5) is 9.18 Å². The number of halogens is 1. The Morgan fingerprint density at radius 1 is 1.44 bits per heavy atom. The summed E-state index contributed by atoms with van der Waals surface area (Å²) in [5.41, 5.74) is 3.56. The highest BCUT2D eigenvalue weighted by Gasteiger charge is 2.34. The van der Waals surface area contributed by atoms with Crippen molar-refractivity contribution in [2.75, 3.05) is 19.6 Å². The second kappa shape index (κ2) is 5.43. The van der Waals surface area contributed by atoms with Crippen molar-refractivity contribution in [1.82, 2.24) is 4.90 Å². The maximum absolute atomic E-state index is 13.8. The van der Waals surface area contributed by atoms with Crippen LogP contribution in [0.25, 0.3) is 0 Å². The molecule has 4 nitrogen and oxygen atoms in total. The van der Waals surface area contributed by atoms with Crippen LogP contribution < -0.4 is 5.73 Å². The van der Waals surface area contributed by atoms with E-state index in [0.717, 1.165) is 6.42 Å². The van der Waals surface area contributed by atoms with E-state index >= 15 is 0 Å². The summed E-state index contributed by atoms with van der Waals surface area (Å²) < 4.78 is 19.1. The summed E-state index contributed by atoms with van der Waals surface area (Å²) in [7, 11) is 0. The highest BCUT2D eigenvalue weighted by Crippen LogP contribution is 2.28. The molecular weight excluding hydrogens is 235 g/mol. The lowest BCUT2D eigenvalue weighted by atomic mass is 9.93. The van der Waals surface area contributed by atoms with E-state index in [1.54, 1.807) is 4.90 Å². The Kier molecular flexibility index (Phi) is 4.59. The molecule has 2 N–H and O–H groups in total. The predicted molar refractivity (Wildman–Crippen MR) is 69.1 cm³/mol. The van der Waals surface area contributed by atoms with Gasteiger partial charge in [-0.05, 0) is 46.5 Å². The highest BCUT2D eigenvalue weighted by molar-refractivity contribution is 5.68. The standard InChI is InChI=1S/C13H25FN2O2/c1-12(2,3)18-11(17)16-6-5-10(8-16)7-13(4,14)9-15/h10H,5-9,15H2,1-4H3. The molecule has 1 amide bonds. The fraction of sp³-hybridized carbons (Fsp3) is 0.923. The van der Waals surface area contributed by atoms with E-state index in [0.29, 0.717) is 19.5 Å². The second-order valence-corrected chi connectivity index (χ2v) is 6.40. The van der Waals surface area contributed by atoms with Gasteiger partial charge < -0.3 is 15.4 Å². The summed E-state index contributed by atoms with van der Waals surface area (Å²) in [5.74, 6) is 0.177. The molecule has 0 aromatic rings. The Hall–Kier alpha value is -0.840. The molecule has 0 radical (unpaired) electrons. The zero-order valence-electron chi connectivity index (χ0n) is 11.8. The molecule has 106 valence electrons. The first-order valence-electron chi connectivity index (χ1n) is 6.50. The number of ether oxygens (including phenoxy) is 1. The number of nitrogens with zero attached hydrogens (tertiary/aromatic N) is 1. The van der Waals surface area contributed by atoms with Gasteiger partial charge in [-0.25, -0.2) is 9.18 Å². The smallest absolute Gasteiger partial charge is 0.410 e. The normalized spacial score (nSPS) is 23.9. The van der Waals surface area contributed by atoms with Crippen LogP contribution in [0.1, 0.15) is 40.5 Å². The van der Waals surface area contributed by atoms with Crippen molar-refractivity contribution in [3.8, 4) is 0 Å². The number of likely N-dealkylation sites (tertiary alicyclic amines) is 1. The van der Waals surface area contributed by atoms with Gasteiger partial charge in [-0.2, -0.15) is 0 Å². The quantitative estimate of drug-likeness (QED) is 0.847. The summed E-state index contributed by atoms with van der Waals surface area (Å²) in [6.07, 6.45) is 0.917. The number of nitrogens with two attached hydrogens (primary N) is 1. The van der Waals surface area contributed by atoms with Gasteiger partial charge in [-0.1, -0.05) is 0 Å². The first kappa shape index (κ1) is 15.2. The summed E-state index contributed by atoms with van der Waals surface area (Å²) >= 11 is 0. The van der Waals surface area contributed by atoms with E-state index in [2.05, 4.69) is 0 Å². The average Bonchev–Trinajstić information content (AvgIpc) is 2.63. The van der Waals surface area contributed by atoms with E-state index in [9.17, 15) is 9.18 Å². The first-order chi connectivity index (χ1) is 8.13. The summed E-state index contributed by atoms with van der Waals surface area (Å²) in [4.78, 5) is 13.5. The van der Waals surface area contributed by atoms with Gasteiger partial charge in [-0.15, -0.1) is 0 Å². The second-order valence-electron chi connectivity index (χ2n) is 6.40. The molecule has 1 saturated heterocycles.